The molecule has 0 radical (unpaired) electrons. The van der Waals surface area contributed by atoms with Crippen molar-refractivity contribution in [3.05, 3.63) is 29.3 Å². The van der Waals surface area contributed by atoms with E-state index < -0.39 is 29.8 Å². The van der Waals surface area contributed by atoms with Gasteiger partial charge in [0.05, 0.1) is 37.5 Å². The topological polar surface area (TPSA) is 148 Å². The maximum Gasteiger partial charge on any atom is 0.407 e. The number of ether oxygens (including phenoxy) is 4. The Hall–Kier alpha value is -2.93. The monoisotopic (exact) mass is 706 g/mol. The number of aliphatic hydroxyl groups excluding tert-OH is 1. The Morgan fingerprint density at radius 1 is 0.980 bits per heavy atom. The smallest absolute Gasteiger partial charge is 0.407 e. The molecule has 12 nitrogen and oxygen atoms in total. The van der Waals surface area contributed by atoms with Crippen molar-refractivity contribution < 1.29 is 38.4 Å². The van der Waals surface area contributed by atoms with Crippen LogP contribution in [0, 0.1) is 30.6 Å². The normalized spacial score (nSPS) is 16.4. The van der Waals surface area contributed by atoms with E-state index in [2.05, 4.69) is 20.9 Å². The molecule has 50 heavy (non-hydrogen) atoms. The molecule has 4 N–H and O–H groups in total. The number of carbonyl (C=O) groups excluding carboxylic acids is 3. The second-order valence-electron chi connectivity index (χ2n) is 15.1. The molecule has 2 rings (SSSR count). The van der Waals surface area contributed by atoms with Crippen LogP contribution >= 0.6 is 0 Å². The highest BCUT2D eigenvalue weighted by molar-refractivity contribution is 5.97. The fourth-order valence-electron chi connectivity index (χ4n) is 5.87. The number of aryl methyl sites for hydroxylation is 1. The van der Waals surface area contributed by atoms with E-state index in [1.54, 1.807) is 33.9 Å². The van der Waals surface area contributed by atoms with Crippen LogP contribution in [-0.4, -0.2) is 112 Å². The molecule has 4 atom stereocenters. The molecule has 1 aliphatic rings. The standard InChI is InChI=1S/C38H66N4O8/c1-26(2)29(25-40-35(44)30-13-12-28(5)22-34(30)49-19-11-10-18-47-9)23-32(41-37(46)50-38(6,7)8)33(43)24-31(27(3)4)36(45)39-14-15-42-16-20-48-21-17-42/h12-13,22,26-27,29,31-33,43H,10-11,14-21,23-25H2,1-9H3,(H,39,45)(H,40,44)(H,41,46). The minimum Gasteiger partial charge on any atom is -0.493 e. The summed E-state index contributed by atoms with van der Waals surface area (Å²) in [4.78, 5) is 42.1. The number of amides is 3. The molecule has 286 valence electrons. The third-order valence-electron chi connectivity index (χ3n) is 9.04. The summed E-state index contributed by atoms with van der Waals surface area (Å²) in [5.41, 5.74) is 0.709. The number of morpholine rings is 1. The molecule has 0 aromatic heterocycles. The maximum absolute atomic E-state index is 13.5. The van der Waals surface area contributed by atoms with E-state index >= 15 is 0 Å². The van der Waals surface area contributed by atoms with Gasteiger partial charge in [-0.05, 0) is 88.8 Å². The Balaban J connectivity index is 2.15. The highest BCUT2D eigenvalue weighted by Crippen LogP contribution is 2.26. The third kappa shape index (κ3) is 16.4. The number of carbonyl (C=O) groups is 3. The van der Waals surface area contributed by atoms with Crippen molar-refractivity contribution >= 4 is 17.9 Å². The lowest BCUT2D eigenvalue weighted by Crippen LogP contribution is -2.49. The first kappa shape index (κ1) is 43.2. The van der Waals surface area contributed by atoms with Gasteiger partial charge < -0.3 is 40.0 Å². The predicted molar refractivity (Wildman–Crippen MR) is 195 cm³/mol. The second kappa shape index (κ2) is 22.1. The summed E-state index contributed by atoms with van der Waals surface area (Å²) >= 11 is 0. The van der Waals surface area contributed by atoms with Gasteiger partial charge in [0.2, 0.25) is 5.91 Å². The Morgan fingerprint density at radius 3 is 2.28 bits per heavy atom. The first-order valence-electron chi connectivity index (χ1n) is 18.4. The highest BCUT2D eigenvalue weighted by Gasteiger charge is 2.33. The van der Waals surface area contributed by atoms with E-state index in [0.29, 0.717) is 57.3 Å². The molecule has 1 aromatic rings. The average Bonchev–Trinajstić information content (AvgIpc) is 3.04. The van der Waals surface area contributed by atoms with Crippen molar-refractivity contribution in [1.29, 1.82) is 0 Å². The lowest BCUT2D eigenvalue weighted by atomic mass is 9.82. The summed E-state index contributed by atoms with van der Waals surface area (Å²) in [5, 5.41) is 20.7. The quantitative estimate of drug-likeness (QED) is 0.135. The lowest BCUT2D eigenvalue weighted by Gasteiger charge is -2.33. The van der Waals surface area contributed by atoms with Gasteiger partial charge in [-0.2, -0.15) is 0 Å². The fourth-order valence-corrected chi connectivity index (χ4v) is 5.87. The summed E-state index contributed by atoms with van der Waals surface area (Å²) in [6.45, 7) is 21.1. The lowest BCUT2D eigenvalue weighted by molar-refractivity contribution is -0.127. The van der Waals surface area contributed by atoms with E-state index in [4.69, 9.17) is 18.9 Å². The zero-order valence-electron chi connectivity index (χ0n) is 32.1. The summed E-state index contributed by atoms with van der Waals surface area (Å²) in [6.07, 6.45) is 0.511. The number of hydrogen-bond donors (Lipinski definition) is 4. The number of aliphatic hydroxyl groups is 1. The molecule has 1 heterocycles. The van der Waals surface area contributed by atoms with Gasteiger partial charge in [-0.3, -0.25) is 14.5 Å². The summed E-state index contributed by atoms with van der Waals surface area (Å²) in [6, 6.07) is 4.80. The average molecular weight is 707 g/mol. The number of benzene rings is 1. The van der Waals surface area contributed by atoms with Crippen molar-refractivity contribution in [2.24, 2.45) is 23.7 Å². The number of rotatable bonds is 21. The van der Waals surface area contributed by atoms with Crippen molar-refractivity contribution in [2.45, 2.75) is 98.8 Å². The largest absolute Gasteiger partial charge is 0.493 e. The molecule has 0 bridgehead atoms. The van der Waals surface area contributed by atoms with Crippen LogP contribution in [0.2, 0.25) is 0 Å². The Labute approximate surface area is 300 Å². The number of nitrogens with zero attached hydrogens (tertiary/aromatic N) is 1. The molecule has 0 aliphatic carbocycles. The van der Waals surface area contributed by atoms with Crippen LogP contribution < -0.4 is 20.7 Å². The van der Waals surface area contributed by atoms with Gasteiger partial charge in [0.25, 0.3) is 5.91 Å². The number of unbranched alkanes of at least 4 members (excludes halogenated alkanes) is 1. The van der Waals surface area contributed by atoms with Gasteiger partial charge in [0, 0.05) is 52.4 Å². The molecular weight excluding hydrogens is 640 g/mol. The van der Waals surface area contributed by atoms with Crippen LogP contribution in [0.4, 0.5) is 4.79 Å². The van der Waals surface area contributed by atoms with Crippen LogP contribution in [0.25, 0.3) is 0 Å². The molecule has 1 aliphatic heterocycles. The Bertz CT molecular complexity index is 1170. The van der Waals surface area contributed by atoms with E-state index in [9.17, 15) is 19.5 Å². The maximum atomic E-state index is 13.5. The van der Waals surface area contributed by atoms with Gasteiger partial charge in [0.1, 0.15) is 11.4 Å². The summed E-state index contributed by atoms with van der Waals surface area (Å²) in [7, 11) is 1.67. The van der Waals surface area contributed by atoms with Crippen LogP contribution in [0.3, 0.4) is 0 Å². The molecule has 3 amide bonds. The number of nitrogens with one attached hydrogen (secondary N) is 3. The van der Waals surface area contributed by atoms with Crippen LogP contribution in [0.5, 0.6) is 5.75 Å². The van der Waals surface area contributed by atoms with Gasteiger partial charge in [-0.25, -0.2) is 4.79 Å². The first-order valence-corrected chi connectivity index (χ1v) is 18.4. The Kier molecular flexibility index (Phi) is 19.1. The van der Waals surface area contributed by atoms with Gasteiger partial charge in [0.15, 0.2) is 0 Å². The molecule has 1 aromatic carbocycles. The zero-order chi connectivity index (χ0) is 37.3. The third-order valence-corrected chi connectivity index (χ3v) is 9.04. The Morgan fingerprint density at radius 2 is 1.66 bits per heavy atom. The number of methoxy groups -OCH3 is 1. The summed E-state index contributed by atoms with van der Waals surface area (Å²) in [5.74, 6) is -0.366. The number of alkyl carbamates (subject to hydrolysis) is 1. The molecule has 4 unspecified atom stereocenters. The molecule has 1 saturated heterocycles. The van der Waals surface area contributed by atoms with Crippen molar-refractivity contribution in [2.75, 3.05) is 66.3 Å². The van der Waals surface area contributed by atoms with E-state index in [0.717, 1.165) is 38.0 Å². The van der Waals surface area contributed by atoms with Crippen LogP contribution in [-0.2, 0) is 19.0 Å². The molecular formula is C38H66N4O8. The first-order chi connectivity index (χ1) is 23.6. The molecule has 1 fully saturated rings. The van der Waals surface area contributed by atoms with Crippen LogP contribution in [0.1, 0.15) is 90.1 Å². The van der Waals surface area contributed by atoms with Crippen molar-refractivity contribution in [3.63, 3.8) is 0 Å². The molecule has 0 saturated carbocycles. The van der Waals surface area contributed by atoms with Crippen molar-refractivity contribution in [1.82, 2.24) is 20.9 Å². The van der Waals surface area contributed by atoms with E-state index in [1.807, 2.05) is 46.8 Å². The van der Waals surface area contributed by atoms with E-state index in [-0.39, 0.29) is 36.0 Å². The van der Waals surface area contributed by atoms with Crippen molar-refractivity contribution in [3.8, 4) is 5.75 Å². The van der Waals surface area contributed by atoms with Gasteiger partial charge >= 0.3 is 6.09 Å². The fraction of sp³-hybridized carbons (Fsp3) is 0.763. The van der Waals surface area contributed by atoms with E-state index in [1.165, 1.54) is 0 Å². The highest BCUT2D eigenvalue weighted by atomic mass is 16.6. The number of hydrogen-bond acceptors (Lipinski definition) is 9. The minimum atomic E-state index is -1.04. The second-order valence-corrected chi connectivity index (χ2v) is 15.1. The van der Waals surface area contributed by atoms with Gasteiger partial charge in [-0.1, -0.05) is 33.8 Å². The SMILES string of the molecule is COCCCCOc1cc(C)ccc1C(=O)NCC(CC(NC(=O)OC(C)(C)C)C(O)CC(C(=O)NCCN1CCOCC1)C(C)C)C(C)C. The molecule has 12 heteroatoms. The van der Waals surface area contributed by atoms with Gasteiger partial charge in [-0.15, -0.1) is 0 Å². The molecule has 0 spiro atoms. The zero-order valence-corrected chi connectivity index (χ0v) is 32.1. The minimum absolute atomic E-state index is 0.0405. The predicted octanol–water partition coefficient (Wildman–Crippen LogP) is 4.56. The van der Waals surface area contributed by atoms with Crippen LogP contribution in [0.15, 0.2) is 18.2 Å². The summed E-state index contributed by atoms with van der Waals surface area (Å²) < 4.78 is 22.1.